The van der Waals surface area contributed by atoms with E-state index < -0.39 is 0 Å². The molecule has 1 aromatic rings. The number of piperidine rings is 1. The van der Waals surface area contributed by atoms with Crippen LogP contribution in [0.15, 0.2) is 12.4 Å². The minimum Gasteiger partial charge on any atom is -0.367 e. The van der Waals surface area contributed by atoms with Gasteiger partial charge in [-0.2, -0.15) is 0 Å². The second-order valence-corrected chi connectivity index (χ2v) is 4.45. The van der Waals surface area contributed by atoms with Gasteiger partial charge in [0.15, 0.2) is 5.82 Å². The third kappa shape index (κ3) is 3.28. The number of likely N-dealkylation sites (tertiary alicyclic amines) is 1. The molecule has 0 aromatic carbocycles. The number of nitrogen functional groups attached to an aromatic ring is 1. The van der Waals surface area contributed by atoms with Crippen molar-refractivity contribution < 1.29 is 0 Å². The molecule has 0 saturated carbocycles. The van der Waals surface area contributed by atoms with Crippen LogP contribution in [-0.2, 0) is 0 Å². The molecule has 1 atom stereocenters. The van der Waals surface area contributed by atoms with E-state index in [0.717, 1.165) is 12.4 Å². The summed E-state index contributed by atoms with van der Waals surface area (Å²) < 4.78 is 0. The first-order valence-electron chi connectivity index (χ1n) is 6.02. The van der Waals surface area contributed by atoms with E-state index in [1.54, 1.807) is 12.4 Å². The van der Waals surface area contributed by atoms with E-state index in [2.05, 4.69) is 32.7 Å². The van der Waals surface area contributed by atoms with Gasteiger partial charge in [-0.1, -0.05) is 6.42 Å². The molecule has 6 nitrogen and oxygen atoms in total. The van der Waals surface area contributed by atoms with E-state index in [1.165, 1.54) is 25.8 Å². The molecule has 6 heteroatoms. The number of nitrogens with one attached hydrogen (secondary N) is 2. The molecule has 1 saturated heterocycles. The van der Waals surface area contributed by atoms with Crippen molar-refractivity contribution in [1.82, 2.24) is 14.9 Å². The monoisotopic (exact) mass is 236 g/mol. The Labute approximate surface area is 102 Å². The molecule has 1 fully saturated rings. The molecule has 0 radical (unpaired) electrons. The molecule has 2 heterocycles. The van der Waals surface area contributed by atoms with Crippen molar-refractivity contribution in [2.24, 2.45) is 5.84 Å². The van der Waals surface area contributed by atoms with Crippen LogP contribution in [0.4, 0.5) is 11.6 Å². The Bertz CT molecular complexity index is 356. The van der Waals surface area contributed by atoms with Gasteiger partial charge in [-0.3, -0.25) is 4.98 Å². The Morgan fingerprint density at radius 3 is 3.00 bits per heavy atom. The average molecular weight is 236 g/mol. The smallest absolute Gasteiger partial charge is 0.160 e. The summed E-state index contributed by atoms with van der Waals surface area (Å²) in [6, 6.07) is 0.583. The molecule has 0 bridgehead atoms. The summed E-state index contributed by atoms with van der Waals surface area (Å²) in [5.74, 6) is 6.63. The minimum atomic E-state index is 0.576. The SMILES string of the molecule is CN1CCCCC1CNc1cncc(NN)n1. The minimum absolute atomic E-state index is 0.576. The van der Waals surface area contributed by atoms with Crippen molar-refractivity contribution in [2.45, 2.75) is 25.3 Å². The fourth-order valence-corrected chi connectivity index (χ4v) is 2.15. The molecular formula is C11H20N6. The van der Waals surface area contributed by atoms with Gasteiger partial charge in [0, 0.05) is 12.6 Å². The normalized spacial score (nSPS) is 21.2. The van der Waals surface area contributed by atoms with Crippen LogP contribution in [0.25, 0.3) is 0 Å². The van der Waals surface area contributed by atoms with Gasteiger partial charge in [0.2, 0.25) is 0 Å². The number of aromatic nitrogens is 2. The van der Waals surface area contributed by atoms with Crippen molar-refractivity contribution in [2.75, 3.05) is 30.9 Å². The molecule has 2 rings (SSSR count). The summed E-state index contributed by atoms with van der Waals surface area (Å²) in [7, 11) is 2.18. The number of anilines is 2. The molecular weight excluding hydrogens is 216 g/mol. The lowest BCUT2D eigenvalue weighted by Crippen LogP contribution is -2.40. The van der Waals surface area contributed by atoms with Crippen LogP contribution in [0.3, 0.4) is 0 Å². The summed E-state index contributed by atoms with van der Waals surface area (Å²) in [5.41, 5.74) is 2.49. The summed E-state index contributed by atoms with van der Waals surface area (Å²) in [6.45, 7) is 2.08. The highest BCUT2D eigenvalue weighted by molar-refractivity contribution is 5.40. The number of hydrogen-bond donors (Lipinski definition) is 3. The van der Waals surface area contributed by atoms with Crippen LogP contribution in [0.5, 0.6) is 0 Å². The highest BCUT2D eigenvalue weighted by Gasteiger charge is 2.18. The largest absolute Gasteiger partial charge is 0.367 e. The van der Waals surface area contributed by atoms with Gasteiger partial charge in [0.25, 0.3) is 0 Å². The van der Waals surface area contributed by atoms with E-state index in [1.807, 2.05) is 0 Å². The third-order valence-electron chi connectivity index (χ3n) is 3.22. The molecule has 94 valence electrons. The second-order valence-electron chi connectivity index (χ2n) is 4.45. The Kier molecular flexibility index (Phi) is 4.11. The van der Waals surface area contributed by atoms with E-state index in [4.69, 9.17) is 5.84 Å². The lowest BCUT2D eigenvalue weighted by atomic mass is 10.0. The molecule has 1 aromatic heterocycles. The second kappa shape index (κ2) is 5.79. The predicted octanol–water partition coefficient (Wildman–Crippen LogP) is 0.658. The summed E-state index contributed by atoms with van der Waals surface area (Å²) >= 11 is 0. The first-order chi connectivity index (χ1) is 8.29. The van der Waals surface area contributed by atoms with Crippen molar-refractivity contribution >= 4 is 11.6 Å². The Balaban J connectivity index is 1.88. The Morgan fingerprint density at radius 1 is 1.41 bits per heavy atom. The number of likely N-dealkylation sites (N-methyl/N-ethyl adjacent to an activating group) is 1. The standard InChI is InChI=1S/C11H20N6/c1-17-5-3-2-4-9(17)6-14-10-7-13-8-11(15-10)16-12/h7-9H,2-6,12H2,1H3,(H2,14,15,16). The predicted molar refractivity (Wildman–Crippen MR) is 68.6 cm³/mol. The summed E-state index contributed by atoms with van der Waals surface area (Å²) in [4.78, 5) is 10.7. The van der Waals surface area contributed by atoms with Crippen LogP contribution in [-0.4, -0.2) is 41.0 Å². The molecule has 0 spiro atoms. The van der Waals surface area contributed by atoms with Crippen molar-refractivity contribution in [3.63, 3.8) is 0 Å². The van der Waals surface area contributed by atoms with Gasteiger partial charge in [-0.25, -0.2) is 10.8 Å². The van der Waals surface area contributed by atoms with Crippen molar-refractivity contribution in [3.8, 4) is 0 Å². The van der Waals surface area contributed by atoms with E-state index in [9.17, 15) is 0 Å². The van der Waals surface area contributed by atoms with Gasteiger partial charge >= 0.3 is 0 Å². The average Bonchev–Trinajstić information content (AvgIpc) is 2.38. The Morgan fingerprint density at radius 2 is 2.24 bits per heavy atom. The maximum absolute atomic E-state index is 5.29. The first-order valence-corrected chi connectivity index (χ1v) is 6.02. The number of nitrogens with zero attached hydrogens (tertiary/aromatic N) is 3. The third-order valence-corrected chi connectivity index (χ3v) is 3.22. The first kappa shape index (κ1) is 12.1. The molecule has 1 unspecified atom stereocenters. The van der Waals surface area contributed by atoms with Gasteiger partial charge in [0.1, 0.15) is 5.82 Å². The zero-order valence-corrected chi connectivity index (χ0v) is 10.2. The fraction of sp³-hybridized carbons (Fsp3) is 0.636. The number of hydrazine groups is 1. The lowest BCUT2D eigenvalue weighted by molar-refractivity contribution is 0.194. The summed E-state index contributed by atoms with van der Waals surface area (Å²) in [6.07, 6.45) is 7.17. The van der Waals surface area contributed by atoms with Crippen LogP contribution >= 0.6 is 0 Å². The molecule has 1 aliphatic heterocycles. The number of rotatable bonds is 4. The number of nitrogens with two attached hydrogens (primary N) is 1. The number of hydrogen-bond acceptors (Lipinski definition) is 6. The summed E-state index contributed by atoms with van der Waals surface area (Å²) in [5, 5.41) is 3.31. The van der Waals surface area contributed by atoms with Crippen LogP contribution < -0.4 is 16.6 Å². The maximum Gasteiger partial charge on any atom is 0.160 e. The molecule has 4 N–H and O–H groups in total. The van der Waals surface area contributed by atoms with Crippen LogP contribution in [0.1, 0.15) is 19.3 Å². The van der Waals surface area contributed by atoms with E-state index in [-0.39, 0.29) is 0 Å². The molecule has 0 amide bonds. The van der Waals surface area contributed by atoms with Gasteiger partial charge < -0.3 is 15.6 Å². The fourth-order valence-electron chi connectivity index (χ4n) is 2.15. The van der Waals surface area contributed by atoms with Crippen molar-refractivity contribution in [3.05, 3.63) is 12.4 Å². The Hall–Kier alpha value is -1.40. The van der Waals surface area contributed by atoms with Gasteiger partial charge in [0.05, 0.1) is 12.4 Å². The zero-order valence-electron chi connectivity index (χ0n) is 10.2. The van der Waals surface area contributed by atoms with Crippen LogP contribution in [0.2, 0.25) is 0 Å². The highest BCUT2D eigenvalue weighted by atomic mass is 15.3. The van der Waals surface area contributed by atoms with Crippen molar-refractivity contribution in [1.29, 1.82) is 0 Å². The molecule has 0 aliphatic carbocycles. The lowest BCUT2D eigenvalue weighted by Gasteiger charge is -2.32. The van der Waals surface area contributed by atoms with Gasteiger partial charge in [-0.15, -0.1) is 0 Å². The molecule has 1 aliphatic rings. The highest BCUT2D eigenvalue weighted by Crippen LogP contribution is 2.15. The maximum atomic E-state index is 5.29. The van der Waals surface area contributed by atoms with Crippen LogP contribution in [0, 0.1) is 0 Å². The van der Waals surface area contributed by atoms with E-state index >= 15 is 0 Å². The zero-order chi connectivity index (χ0) is 12.1. The van der Waals surface area contributed by atoms with E-state index in [0.29, 0.717) is 11.9 Å². The topological polar surface area (TPSA) is 79.1 Å². The molecule has 17 heavy (non-hydrogen) atoms. The quantitative estimate of drug-likeness (QED) is 0.526. The van der Waals surface area contributed by atoms with Gasteiger partial charge in [-0.05, 0) is 26.4 Å².